The van der Waals surface area contributed by atoms with Crippen molar-refractivity contribution in [1.29, 1.82) is 0 Å². The topological polar surface area (TPSA) is 80.2 Å². The molecule has 3 heterocycles. The van der Waals surface area contributed by atoms with Gasteiger partial charge in [-0.1, -0.05) is 6.07 Å². The van der Waals surface area contributed by atoms with Crippen LogP contribution in [0.25, 0.3) is 10.7 Å². The summed E-state index contributed by atoms with van der Waals surface area (Å²) in [7, 11) is -3.03. The van der Waals surface area contributed by atoms with Gasteiger partial charge < -0.3 is 4.90 Å². The van der Waals surface area contributed by atoms with Crippen LogP contribution in [0.3, 0.4) is 0 Å². The molecule has 0 spiro atoms. The lowest BCUT2D eigenvalue weighted by molar-refractivity contribution is 0.0707. The van der Waals surface area contributed by atoms with E-state index in [1.807, 2.05) is 24.4 Å². The molecule has 0 radical (unpaired) electrons. The third-order valence-corrected chi connectivity index (χ3v) is 6.51. The molecule has 2 aromatic heterocycles. The van der Waals surface area contributed by atoms with E-state index in [-0.39, 0.29) is 23.5 Å². The van der Waals surface area contributed by atoms with Crippen molar-refractivity contribution in [2.75, 3.05) is 18.1 Å². The van der Waals surface area contributed by atoms with Crippen LogP contribution in [0.4, 0.5) is 0 Å². The highest BCUT2D eigenvalue weighted by Crippen LogP contribution is 2.22. The molecule has 23 heavy (non-hydrogen) atoms. The summed E-state index contributed by atoms with van der Waals surface area (Å²) in [6, 6.07) is 3.58. The van der Waals surface area contributed by atoms with Crippen LogP contribution in [0.5, 0.6) is 0 Å². The Morgan fingerprint density at radius 2 is 2.13 bits per heavy atom. The number of amides is 1. The smallest absolute Gasteiger partial charge is 0.257 e. The van der Waals surface area contributed by atoms with Gasteiger partial charge in [0.15, 0.2) is 15.7 Å². The van der Waals surface area contributed by atoms with E-state index in [2.05, 4.69) is 9.97 Å². The Labute approximate surface area is 139 Å². The third-order valence-electron chi connectivity index (χ3n) is 3.89. The van der Waals surface area contributed by atoms with Gasteiger partial charge in [-0.3, -0.25) is 4.79 Å². The van der Waals surface area contributed by atoms with Gasteiger partial charge in [-0.25, -0.2) is 18.4 Å². The number of nitrogens with zero attached hydrogens (tertiary/aromatic N) is 3. The predicted molar refractivity (Wildman–Crippen MR) is 89.1 cm³/mol. The molecule has 0 bridgehead atoms. The summed E-state index contributed by atoms with van der Waals surface area (Å²) >= 11 is 1.53. The van der Waals surface area contributed by atoms with Gasteiger partial charge in [-0.2, -0.15) is 0 Å². The quantitative estimate of drug-likeness (QED) is 0.840. The van der Waals surface area contributed by atoms with E-state index in [0.717, 1.165) is 4.88 Å². The Kier molecular flexibility index (Phi) is 4.45. The van der Waals surface area contributed by atoms with Crippen LogP contribution < -0.4 is 0 Å². The third kappa shape index (κ3) is 3.42. The molecule has 6 nitrogen and oxygen atoms in total. The molecule has 122 valence electrons. The van der Waals surface area contributed by atoms with Crippen molar-refractivity contribution in [3.8, 4) is 10.7 Å². The van der Waals surface area contributed by atoms with Crippen molar-refractivity contribution >= 4 is 27.1 Å². The van der Waals surface area contributed by atoms with E-state index in [4.69, 9.17) is 0 Å². The predicted octanol–water partition coefficient (Wildman–Crippen LogP) is 1.85. The minimum Gasteiger partial charge on any atom is -0.335 e. The SMILES string of the molecule is CCN(C(=O)c1cnc(-c2cccs2)nc1)C1CCS(=O)(=O)C1. The van der Waals surface area contributed by atoms with Gasteiger partial charge in [0.2, 0.25) is 0 Å². The molecule has 1 saturated heterocycles. The molecule has 0 N–H and O–H groups in total. The highest BCUT2D eigenvalue weighted by molar-refractivity contribution is 7.91. The van der Waals surface area contributed by atoms with Crippen molar-refractivity contribution in [3.63, 3.8) is 0 Å². The van der Waals surface area contributed by atoms with Crippen molar-refractivity contribution < 1.29 is 13.2 Å². The molecule has 0 aliphatic carbocycles. The lowest BCUT2D eigenvalue weighted by Gasteiger charge is -2.26. The summed E-state index contributed by atoms with van der Waals surface area (Å²) in [5.41, 5.74) is 0.386. The molecule has 1 fully saturated rings. The second kappa shape index (κ2) is 6.37. The second-order valence-corrected chi connectivity index (χ2v) is 8.60. The number of carbonyl (C=O) groups excluding carboxylic acids is 1. The first-order valence-corrected chi connectivity index (χ1v) is 10.1. The molecule has 1 unspecified atom stereocenters. The normalized spacial score (nSPS) is 19.6. The zero-order chi connectivity index (χ0) is 16.4. The molecule has 0 aromatic carbocycles. The van der Waals surface area contributed by atoms with Gasteiger partial charge >= 0.3 is 0 Å². The van der Waals surface area contributed by atoms with Crippen LogP contribution in [0.15, 0.2) is 29.9 Å². The number of rotatable bonds is 4. The largest absolute Gasteiger partial charge is 0.335 e. The van der Waals surface area contributed by atoms with E-state index in [1.165, 1.54) is 23.7 Å². The van der Waals surface area contributed by atoms with Crippen molar-refractivity contribution in [2.24, 2.45) is 0 Å². The lowest BCUT2D eigenvalue weighted by atomic mass is 10.2. The van der Waals surface area contributed by atoms with E-state index in [1.54, 1.807) is 4.90 Å². The molecule has 3 rings (SSSR count). The fourth-order valence-corrected chi connectivity index (χ4v) is 5.13. The molecule has 8 heteroatoms. The summed E-state index contributed by atoms with van der Waals surface area (Å²) < 4.78 is 23.3. The van der Waals surface area contributed by atoms with Crippen LogP contribution in [0, 0.1) is 0 Å². The molecule has 1 amide bonds. The van der Waals surface area contributed by atoms with E-state index in [0.29, 0.717) is 24.4 Å². The standard InChI is InChI=1S/C15H17N3O3S2/c1-2-18(12-5-7-23(20,21)10-12)15(19)11-8-16-14(17-9-11)13-4-3-6-22-13/h3-4,6,8-9,12H,2,5,7,10H2,1H3. The van der Waals surface area contributed by atoms with Crippen LogP contribution in [0.2, 0.25) is 0 Å². The molecule has 1 aliphatic heterocycles. The molecule has 2 aromatic rings. The van der Waals surface area contributed by atoms with Gasteiger partial charge in [-0.15, -0.1) is 11.3 Å². The monoisotopic (exact) mass is 351 g/mol. The summed E-state index contributed by atoms with van der Waals surface area (Å²) in [4.78, 5) is 23.7. The van der Waals surface area contributed by atoms with Gasteiger partial charge in [0.1, 0.15) is 0 Å². The van der Waals surface area contributed by atoms with E-state index in [9.17, 15) is 13.2 Å². The van der Waals surface area contributed by atoms with Gasteiger partial charge in [0.25, 0.3) is 5.91 Å². The summed E-state index contributed by atoms with van der Waals surface area (Å²) in [5.74, 6) is 0.561. The Hall–Kier alpha value is -1.80. The van der Waals surface area contributed by atoms with Crippen LogP contribution in [-0.2, 0) is 9.84 Å². The maximum Gasteiger partial charge on any atom is 0.257 e. The second-order valence-electron chi connectivity index (χ2n) is 5.42. The molecular formula is C15H17N3O3S2. The first-order valence-electron chi connectivity index (χ1n) is 7.37. The Morgan fingerprint density at radius 3 is 2.65 bits per heavy atom. The van der Waals surface area contributed by atoms with E-state index < -0.39 is 9.84 Å². The average Bonchev–Trinajstić information content (AvgIpc) is 3.18. The zero-order valence-electron chi connectivity index (χ0n) is 12.7. The van der Waals surface area contributed by atoms with Gasteiger partial charge in [0, 0.05) is 25.0 Å². The molecular weight excluding hydrogens is 334 g/mol. The number of sulfone groups is 1. The van der Waals surface area contributed by atoms with Crippen molar-refractivity contribution in [1.82, 2.24) is 14.9 Å². The molecule has 0 saturated carbocycles. The number of aromatic nitrogens is 2. The average molecular weight is 351 g/mol. The van der Waals surface area contributed by atoms with Crippen molar-refractivity contribution in [3.05, 3.63) is 35.5 Å². The minimum atomic E-state index is -3.03. The first-order chi connectivity index (χ1) is 11.0. The summed E-state index contributed by atoms with van der Waals surface area (Å²) in [5, 5.41) is 1.94. The Balaban J connectivity index is 1.78. The first kappa shape index (κ1) is 16.1. The summed E-state index contributed by atoms with van der Waals surface area (Å²) in [6.45, 7) is 2.31. The Bertz CT molecular complexity index is 786. The van der Waals surface area contributed by atoms with Gasteiger partial charge in [-0.05, 0) is 24.8 Å². The number of thiophene rings is 1. The van der Waals surface area contributed by atoms with Crippen LogP contribution in [0.1, 0.15) is 23.7 Å². The zero-order valence-corrected chi connectivity index (χ0v) is 14.3. The summed E-state index contributed by atoms with van der Waals surface area (Å²) in [6.07, 6.45) is 3.52. The van der Waals surface area contributed by atoms with Crippen molar-refractivity contribution in [2.45, 2.75) is 19.4 Å². The highest BCUT2D eigenvalue weighted by atomic mass is 32.2. The number of carbonyl (C=O) groups is 1. The molecule has 1 aliphatic rings. The van der Waals surface area contributed by atoms with Gasteiger partial charge in [0.05, 0.1) is 21.9 Å². The fourth-order valence-electron chi connectivity index (χ4n) is 2.73. The highest BCUT2D eigenvalue weighted by Gasteiger charge is 2.34. The molecule has 1 atom stereocenters. The maximum absolute atomic E-state index is 12.6. The van der Waals surface area contributed by atoms with Crippen LogP contribution in [-0.4, -0.2) is 53.3 Å². The fraction of sp³-hybridized carbons (Fsp3) is 0.400. The maximum atomic E-state index is 12.6. The van der Waals surface area contributed by atoms with E-state index >= 15 is 0 Å². The van der Waals surface area contributed by atoms with Crippen LogP contribution >= 0.6 is 11.3 Å². The Morgan fingerprint density at radius 1 is 1.39 bits per heavy atom. The lowest BCUT2D eigenvalue weighted by Crippen LogP contribution is -2.41. The minimum absolute atomic E-state index is 0.0424. The number of hydrogen-bond acceptors (Lipinski definition) is 6. The number of hydrogen-bond donors (Lipinski definition) is 0.